The summed E-state index contributed by atoms with van der Waals surface area (Å²) >= 11 is 0. The van der Waals surface area contributed by atoms with E-state index < -0.39 is 34.9 Å². The molecule has 0 saturated heterocycles. The Kier molecular flexibility index (Phi) is 10.5. The number of benzene rings is 1. The van der Waals surface area contributed by atoms with Gasteiger partial charge in [0, 0.05) is 18.0 Å². The lowest BCUT2D eigenvalue weighted by atomic mass is 9.76. The third-order valence-electron chi connectivity index (χ3n) is 6.87. The molecule has 1 unspecified atom stereocenters. The topological polar surface area (TPSA) is 98.7 Å². The van der Waals surface area contributed by atoms with Crippen LogP contribution in [0.3, 0.4) is 0 Å². The van der Waals surface area contributed by atoms with Crippen molar-refractivity contribution in [2.45, 2.75) is 92.8 Å². The van der Waals surface area contributed by atoms with E-state index >= 15 is 0 Å². The molecule has 1 aromatic rings. The number of hydrogen-bond donors (Lipinski definition) is 3. The number of nitrogens with one attached hydrogen (secondary N) is 2. The van der Waals surface area contributed by atoms with Crippen LogP contribution in [0.4, 0.5) is 0 Å². The summed E-state index contributed by atoms with van der Waals surface area (Å²) in [7, 11) is 3.42. The third-order valence-corrected chi connectivity index (χ3v) is 6.87. The van der Waals surface area contributed by atoms with E-state index in [0.717, 1.165) is 16.7 Å². The van der Waals surface area contributed by atoms with Crippen LogP contribution < -0.4 is 10.6 Å². The highest BCUT2D eigenvalue weighted by Gasteiger charge is 2.41. The molecular formula is C29H47N3O4. The van der Waals surface area contributed by atoms with Gasteiger partial charge < -0.3 is 20.6 Å². The fraction of sp³-hybridized carbons (Fsp3) is 0.621. The Balaban J connectivity index is 3.36. The van der Waals surface area contributed by atoms with Crippen molar-refractivity contribution >= 4 is 17.8 Å². The minimum atomic E-state index is -1.02. The molecule has 7 nitrogen and oxygen atoms in total. The first-order chi connectivity index (χ1) is 16.3. The predicted octanol–water partition coefficient (Wildman–Crippen LogP) is 4.21. The molecule has 0 aliphatic rings. The van der Waals surface area contributed by atoms with Crippen molar-refractivity contribution in [3.63, 3.8) is 0 Å². The van der Waals surface area contributed by atoms with Gasteiger partial charge in [0.05, 0.1) is 12.1 Å². The van der Waals surface area contributed by atoms with Gasteiger partial charge >= 0.3 is 5.97 Å². The summed E-state index contributed by atoms with van der Waals surface area (Å²) < 4.78 is 0. The number of carboxylic acids is 1. The quantitative estimate of drug-likeness (QED) is 0.417. The van der Waals surface area contributed by atoms with Gasteiger partial charge in [-0.25, -0.2) is 4.79 Å². The van der Waals surface area contributed by atoms with Crippen LogP contribution >= 0.6 is 0 Å². The number of carboxylic acid groups (broad SMARTS) is 1. The van der Waals surface area contributed by atoms with Crippen LogP contribution in [0.15, 0.2) is 29.8 Å². The highest BCUT2D eigenvalue weighted by molar-refractivity contribution is 5.91. The van der Waals surface area contributed by atoms with E-state index in [9.17, 15) is 19.5 Å². The molecule has 0 saturated carbocycles. The van der Waals surface area contributed by atoms with Crippen LogP contribution in [-0.4, -0.2) is 60.0 Å². The molecule has 0 fully saturated rings. The van der Waals surface area contributed by atoms with Gasteiger partial charge in [-0.05, 0) is 44.7 Å². The van der Waals surface area contributed by atoms with Crippen molar-refractivity contribution in [3.05, 3.63) is 46.5 Å². The van der Waals surface area contributed by atoms with Crippen molar-refractivity contribution in [2.24, 2.45) is 11.3 Å². The molecule has 2 amide bonds. The van der Waals surface area contributed by atoms with E-state index in [1.54, 1.807) is 25.1 Å². The number of amides is 2. The van der Waals surface area contributed by atoms with Crippen molar-refractivity contribution in [1.82, 2.24) is 15.5 Å². The summed E-state index contributed by atoms with van der Waals surface area (Å²) in [4.78, 5) is 40.4. The Labute approximate surface area is 217 Å². The van der Waals surface area contributed by atoms with Crippen LogP contribution in [0.2, 0.25) is 0 Å². The molecule has 202 valence electrons. The number of rotatable bonds is 10. The molecule has 0 bridgehead atoms. The Hall–Kier alpha value is -2.67. The molecule has 0 aromatic heterocycles. The Bertz CT molecular complexity index is 968. The number of carbonyl (C=O) groups excluding carboxylic acids is 2. The average Bonchev–Trinajstić information content (AvgIpc) is 2.73. The van der Waals surface area contributed by atoms with E-state index in [1.807, 2.05) is 62.3 Å². The first-order valence-corrected chi connectivity index (χ1v) is 12.6. The summed E-state index contributed by atoms with van der Waals surface area (Å²) in [5.74, 6) is -1.56. The van der Waals surface area contributed by atoms with Gasteiger partial charge in [0.2, 0.25) is 11.8 Å². The summed E-state index contributed by atoms with van der Waals surface area (Å²) in [6, 6.07) is 4.47. The van der Waals surface area contributed by atoms with Crippen LogP contribution in [0.5, 0.6) is 0 Å². The number of hydrogen-bond acceptors (Lipinski definition) is 4. The molecule has 1 aromatic carbocycles. The van der Waals surface area contributed by atoms with Gasteiger partial charge in [0.25, 0.3) is 0 Å². The lowest BCUT2D eigenvalue weighted by Gasteiger charge is -2.40. The van der Waals surface area contributed by atoms with E-state index in [4.69, 9.17) is 0 Å². The normalized spacial score (nSPS) is 15.3. The first kappa shape index (κ1) is 31.4. The van der Waals surface area contributed by atoms with Crippen LogP contribution in [0.1, 0.15) is 72.1 Å². The lowest BCUT2D eigenvalue weighted by Crippen LogP contribution is -2.61. The molecule has 0 spiro atoms. The molecule has 3 atom stereocenters. The summed E-state index contributed by atoms with van der Waals surface area (Å²) in [5.41, 5.74) is 2.35. The number of nitrogens with zero attached hydrogens (tertiary/aromatic N) is 1. The second kappa shape index (κ2) is 12.0. The van der Waals surface area contributed by atoms with E-state index in [2.05, 4.69) is 28.8 Å². The fourth-order valence-electron chi connectivity index (χ4n) is 4.64. The number of carbonyl (C=O) groups is 3. The van der Waals surface area contributed by atoms with Crippen molar-refractivity contribution in [3.8, 4) is 0 Å². The van der Waals surface area contributed by atoms with Crippen LogP contribution in [-0.2, 0) is 19.8 Å². The minimum Gasteiger partial charge on any atom is -0.478 e. The maximum Gasteiger partial charge on any atom is 0.331 e. The molecule has 3 N–H and O–H groups in total. The van der Waals surface area contributed by atoms with Crippen LogP contribution in [0.25, 0.3) is 0 Å². The molecule has 0 radical (unpaired) electrons. The smallest absolute Gasteiger partial charge is 0.331 e. The maximum atomic E-state index is 13.8. The van der Waals surface area contributed by atoms with Gasteiger partial charge in [-0.15, -0.1) is 0 Å². The standard InChI is InChI=1S/C29H47N3O4/c1-17(2)22(16-20(5)27(35)36)32(12)26(34)24(28(6,7)8)31-25(33)23(30-11)29(9,10)21-14-18(3)13-19(4)15-21/h13-17,22-24,30H,1-12H3,(H,31,33)(H,35,36)/b20-16+/t22-,23-,24?/m1/s1. The van der Waals surface area contributed by atoms with E-state index in [0.29, 0.717) is 0 Å². The zero-order chi connectivity index (χ0) is 28.2. The molecule has 7 heteroatoms. The Morgan fingerprint density at radius 1 is 0.972 bits per heavy atom. The molecule has 0 aliphatic carbocycles. The van der Waals surface area contributed by atoms with Gasteiger partial charge in [0.15, 0.2) is 0 Å². The fourth-order valence-corrected chi connectivity index (χ4v) is 4.64. The monoisotopic (exact) mass is 501 g/mol. The highest BCUT2D eigenvalue weighted by atomic mass is 16.4. The minimum absolute atomic E-state index is 0.0156. The van der Waals surface area contributed by atoms with E-state index in [-0.39, 0.29) is 23.3 Å². The molecular weight excluding hydrogens is 454 g/mol. The highest BCUT2D eigenvalue weighted by Crippen LogP contribution is 2.30. The summed E-state index contributed by atoms with van der Waals surface area (Å²) in [5, 5.41) is 15.6. The van der Waals surface area contributed by atoms with Crippen molar-refractivity contribution < 1.29 is 19.5 Å². The number of aryl methyl sites for hydroxylation is 2. The molecule has 36 heavy (non-hydrogen) atoms. The largest absolute Gasteiger partial charge is 0.478 e. The second-order valence-electron chi connectivity index (χ2n) is 12.0. The second-order valence-corrected chi connectivity index (χ2v) is 12.0. The molecule has 0 aliphatic heterocycles. The SMILES string of the molecule is CN[C@H](C(=O)NC(C(=O)N(C)[C@H](/C=C(\C)C(=O)O)C(C)C)C(C)(C)C)C(C)(C)c1cc(C)cc(C)c1. The van der Waals surface area contributed by atoms with Gasteiger partial charge in [-0.3, -0.25) is 9.59 Å². The predicted molar refractivity (Wildman–Crippen MR) is 146 cm³/mol. The number of aliphatic carboxylic acids is 1. The molecule has 1 rings (SSSR count). The van der Waals surface area contributed by atoms with Crippen LogP contribution in [0, 0.1) is 25.2 Å². The number of likely N-dealkylation sites (N-methyl/N-ethyl adjacent to an activating group) is 2. The van der Waals surface area contributed by atoms with Crippen molar-refractivity contribution in [1.29, 1.82) is 0 Å². The van der Waals surface area contributed by atoms with Gasteiger partial charge in [-0.1, -0.05) is 83.9 Å². The Morgan fingerprint density at radius 2 is 1.47 bits per heavy atom. The Morgan fingerprint density at radius 3 is 1.86 bits per heavy atom. The average molecular weight is 502 g/mol. The summed E-state index contributed by atoms with van der Waals surface area (Å²) in [6.45, 7) is 19.3. The van der Waals surface area contributed by atoms with Gasteiger partial charge in [-0.2, -0.15) is 0 Å². The van der Waals surface area contributed by atoms with Gasteiger partial charge in [0.1, 0.15) is 6.04 Å². The maximum absolute atomic E-state index is 13.8. The summed E-state index contributed by atoms with van der Waals surface area (Å²) in [6.07, 6.45) is 1.60. The third kappa shape index (κ3) is 7.66. The first-order valence-electron chi connectivity index (χ1n) is 12.6. The zero-order valence-corrected chi connectivity index (χ0v) is 24.2. The molecule has 0 heterocycles. The lowest BCUT2D eigenvalue weighted by molar-refractivity contribution is -0.141. The zero-order valence-electron chi connectivity index (χ0n) is 24.2. The van der Waals surface area contributed by atoms with Crippen molar-refractivity contribution in [2.75, 3.05) is 14.1 Å². The van der Waals surface area contributed by atoms with E-state index in [1.165, 1.54) is 6.92 Å².